The lowest BCUT2D eigenvalue weighted by Crippen LogP contribution is -2.38. The van der Waals surface area contributed by atoms with Gasteiger partial charge in [0.25, 0.3) is 0 Å². The molecule has 13 nitrogen and oxygen atoms in total. The number of halogens is 1. The van der Waals surface area contributed by atoms with Crippen molar-refractivity contribution in [2.75, 3.05) is 73.8 Å². The number of ether oxygens (including phenoxy) is 2. The SMILES string of the molecule is C=C(C)C(=O)Oc1ccc(-c2nc(-c3ccc(-c4ccccc4)cc3)nc(-c3ccc(-c4ccccc4)cc3)n2)c(O)c1.CCCCOC(=O)C(C)(Cl)CS(=O)(=O)c1ccc(C)cc1.CN(C)CCN(C)CCN(C)C. The molecule has 0 spiro atoms. The lowest BCUT2D eigenvalue weighted by atomic mass is 10.0. The number of hydrogen-bond donors (Lipinski definition) is 1. The molecule has 1 aromatic heterocycles. The average Bonchev–Trinajstić information content (AvgIpc) is 3.41. The van der Waals surface area contributed by atoms with Gasteiger partial charge in [-0.15, -0.1) is 11.6 Å². The minimum Gasteiger partial charge on any atom is -0.507 e. The Balaban J connectivity index is 0.000000268. The van der Waals surface area contributed by atoms with Crippen molar-refractivity contribution in [3.63, 3.8) is 0 Å². The smallest absolute Gasteiger partial charge is 0.338 e. The molecule has 1 atom stereocenters. The maximum Gasteiger partial charge on any atom is 0.338 e. The van der Waals surface area contributed by atoms with E-state index in [0.717, 1.165) is 78.0 Å². The number of sulfone groups is 1. The maximum absolute atomic E-state index is 12.3. The number of hydrogen-bond acceptors (Lipinski definition) is 13. The molecular formula is C61H71ClN6O7S. The van der Waals surface area contributed by atoms with Crippen LogP contribution in [0.3, 0.4) is 0 Å². The number of alkyl halides is 1. The third kappa shape index (κ3) is 18.6. The summed E-state index contributed by atoms with van der Waals surface area (Å²) in [5.74, 6) is -0.494. The molecule has 1 unspecified atom stereocenters. The van der Waals surface area contributed by atoms with E-state index in [1.54, 1.807) is 31.2 Å². The normalized spacial score (nSPS) is 12.0. The molecule has 400 valence electrons. The number of esters is 2. The molecule has 7 rings (SSSR count). The summed E-state index contributed by atoms with van der Waals surface area (Å²) in [5.41, 5.74) is 7.58. The molecule has 6 aromatic carbocycles. The third-order valence-corrected chi connectivity index (χ3v) is 14.2. The number of aromatic hydroxyl groups is 1. The van der Waals surface area contributed by atoms with E-state index in [9.17, 15) is 23.1 Å². The summed E-state index contributed by atoms with van der Waals surface area (Å²) in [4.78, 5) is 43.5. The topological polar surface area (TPSA) is 155 Å². The van der Waals surface area contributed by atoms with Crippen LogP contribution in [0.2, 0.25) is 0 Å². The second-order valence-electron chi connectivity index (χ2n) is 19.2. The fourth-order valence-corrected chi connectivity index (χ4v) is 9.19. The summed E-state index contributed by atoms with van der Waals surface area (Å²) in [6.45, 7) is 15.2. The van der Waals surface area contributed by atoms with Crippen LogP contribution in [0.25, 0.3) is 56.4 Å². The van der Waals surface area contributed by atoms with Crippen molar-refractivity contribution in [3.05, 3.63) is 169 Å². The van der Waals surface area contributed by atoms with Crippen LogP contribution in [0.15, 0.2) is 169 Å². The van der Waals surface area contributed by atoms with E-state index in [1.807, 2.05) is 98.8 Å². The van der Waals surface area contributed by atoms with Gasteiger partial charge in [0.1, 0.15) is 11.5 Å². The first-order chi connectivity index (χ1) is 36.1. The Labute approximate surface area is 454 Å². The van der Waals surface area contributed by atoms with Crippen molar-refractivity contribution >= 4 is 33.4 Å². The van der Waals surface area contributed by atoms with Gasteiger partial charge in [-0.3, -0.25) is 4.79 Å². The number of aromatic nitrogens is 3. The molecule has 0 fully saturated rings. The lowest BCUT2D eigenvalue weighted by Gasteiger charge is -2.20. The number of unbranched alkanes of at least 4 members (excludes halogenated alkanes) is 1. The molecule has 0 amide bonds. The number of phenols is 1. The van der Waals surface area contributed by atoms with Gasteiger partial charge in [0, 0.05) is 48.9 Å². The zero-order chi connectivity index (χ0) is 55.4. The number of benzene rings is 6. The molecule has 0 bridgehead atoms. The van der Waals surface area contributed by atoms with Crippen molar-refractivity contribution in [1.29, 1.82) is 0 Å². The molecule has 76 heavy (non-hydrogen) atoms. The van der Waals surface area contributed by atoms with E-state index < -0.39 is 32.4 Å². The Hall–Kier alpha value is -7.07. The first kappa shape index (κ1) is 59.8. The summed E-state index contributed by atoms with van der Waals surface area (Å²) >= 11 is 6.08. The average molecular weight is 1070 g/mol. The van der Waals surface area contributed by atoms with Crippen LogP contribution < -0.4 is 4.74 Å². The molecule has 1 N–H and O–H groups in total. The zero-order valence-corrected chi connectivity index (χ0v) is 46.7. The van der Waals surface area contributed by atoms with Crippen LogP contribution in [0.5, 0.6) is 11.5 Å². The van der Waals surface area contributed by atoms with E-state index in [4.69, 9.17) is 36.0 Å². The van der Waals surface area contributed by atoms with E-state index in [2.05, 4.69) is 80.8 Å². The molecule has 0 saturated carbocycles. The van der Waals surface area contributed by atoms with Gasteiger partial charge < -0.3 is 29.3 Å². The Morgan fingerprint density at radius 3 is 1.53 bits per heavy atom. The number of aryl methyl sites for hydroxylation is 1. The van der Waals surface area contributed by atoms with Crippen LogP contribution in [0.4, 0.5) is 0 Å². The van der Waals surface area contributed by atoms with Gasteiger partial charge in [-0.05, 0) is 109 Å². The third-order valence-electron chi connectivity index (χ3n) is 11.8. The van der Waals surface area contributed by atoms with Gasteiger partial charge in [0.2, 0.25) is 0 Å². The molecule has 0 aliphatic heterocycles. The lowest BCUT2D eigenvalue weighted by molar-refractivity contribution is -0.146. The minimum atomic E-state index is -3.64. The van der Waals surface area contributed by atoms with E-state index in [1.165, 1.54) is 25.1 Å². The van der Waals surface area contributed by atoms with E-state index in [-0.39, 0.29) is 34.4 Å². The standard InChI is InChI=1S/C37H27N3O3.C15H21ClO4S.C9H23N3/c1-24(2)37(42)43-31-21-22-32(33(41)23-31)36-39-34(29-17-13-27(14-18-29)25-9-5-3-6-10-25)38-35(40-36)30-19-15-28(16-20-30)26-11-7-4-8-12-26;1-4-5-10-20-14(17)15(3,16)11-21(18,19)13-8-6-12(2)7-9-13;1-10(2)6-8-12(5)9-7-11(3)4/h3-23,41H,1H2,2H3;6-9H,4-5,10-11H2,1-3H3;6-9H2,1-5H3. The number of rotatable bonds is 20. The van der Waals surface area contributed by atoms with Crippen LogP contribution in [-0.2, 0) is 24.2 Å². The Morgan fingerprint density at radius 1 is 0.645 bits per heavy atom. The summed E-state index contributed by atoms with van der Waals surface area (Å²) in [7, 11) is 6.97. The number of carbonyl (C=O) groups excluding carboxylic acids is 2. The number of nitrogens with zero attached hydrogens (tertiary/aromatic N) is 6. The Kier molecular flexibility index (Phi) is 22.6. The van der Waals surface area contributed by atoms with Crippen LogP contribution in [0.1, 0.15) is 39.2 Å². The number of likely N-dealkylation sites (N-methyl/N-ethyl adjacent to an activating group) is 3. The molecule has 0 radical (unpaired) electrons. The predicted molar refractivity (Wildman–Crippen MR) is 307 cm³/mol. The van der Waals surface area contributed by atoms with Gasteiger partial charge in [-0.25, -0.2) is 28.2 Å². The summed E-state index contributed by atoms with van der Waals surface area (Å²) in [6, 6.07) is 47.3. The molecule has 0 aliphatic rings. The molecule has 1 heterocycles. The molecule has 15 heteroatoms. The monoisotopic (exact) mass is 1070 g/mol. The second-order valence-corrected chi connectivity index (χ2v) is 22.0. The van der Waals surface area contributed by atoms with Crippen molar-refractivity contribution < 1.29 is 32.6 Å². The first-order valence-electron chi connectivity index (χ1n) is 25.1. The van der Waals surface area contributed by atoms with E-state index in [0.29, 0.717) is 17.2 Å². The highest BCUT2D eigenvalue weighted by atomic mass is 35.5. The molecule has 0 saturated heterocycles. The quantitative estimate of drug-likeness (QED) is 0.0253. The Morgan fingerprint density at radius 2 is 1.09 bits per heavy atom. The zero-order valence-electron chi connectivity index (χ0n) is 45.2. The highest BCUT2D eigenvalue weighted by Crippen LogP contribution is 2.34. The summed E-state index contributed by atoms with van der Waals surface area (Å²) in [5, 5.41) is 10.9. The predicted octanol–water partition coefficient (Wildman–Crippen LogP) is 11.5. The highest BCUT2D eigenvalue weighted by molar-refractivity contribution is 7.91. The molecular weight excluding hydrogens is 996 g/mol. The van der Waals surface area contributed by atoms with Gasteiger partial charge in [0.05, 0.1) is 22.8 Å². The van der Waals surface area contributed by atoms with Crippen LogP contribution >= 0.6 is 11.6 Å². The van der Waals surface area contributed by atoms with Crippen molar-refractivity contribution in [2.24, 2.45) is 0 Å². The van der Waals surface area contributed by atoms with Crippen molar-refractivity contribution in [3.8, 4) is 67.9 Å². The maximum atomic E-state index is 12.3. The van der Waals surface area contributed by atoms with Gasteiger partial charge >= 0.3 is 11.9 Å². The van der Waals surface area contributed by atoms with Crippen LogP contribution in [-0.4, -0.2) is 134 Å². The van der Waals surface area contributed by atoms with Gasteiger partial charge in [0.15, 0.2) is 32.2 Å². The highest BCUT2D eigenvalue weighted by Gasteiger charge is 2.38. The van der Waals surface area contributed by atoms with Crippen molar-refractivity contribution in [2.45, 2.75) is 50.3 Å². The fourth-order valence-electron chi connectivity index (χ4n) is 7.16. The summed E-state index contributed by atoms with van der Waals surface area (Å²) in [6.07, 6.45) is 1.61. The van der Waals surface area contributed by atoms with Crippen molar-refractivity contribution in [1.82, 2.24) is 29.7 Å². The molecule has 0 aliphatic carbocycles. The largest absolute Gasteiger partial charge is 0.507 e. The van der Waals surface area contributed by atoms with E-state index >= 15 is 0 Å². The Bertz CT molecular complexity index is 2970. The minimum absolute atomic E-state index is 0.131. The van der Waals surface area contributed by atoms with Crippen LogP contribution in [0, 0.1) is 6.92 Å². The van der Waals surface area contributed by atoms with Gasteiger partial charge in [-0.1, -0.05) is 147 Å². The summed E-state index contributed by atoms with van der Waals surface area (Å²) < 4.78 is 34.9. The second kappa shape index (κ2) is 28.7. The fraction of sp³-hybridized carbons (Fsp3) is 0.295. The van der Waals surface area contributed by atoms with Gasteiger partial charge in [-0.2, -0.15) is 0 Å². The number of carbonyl (C=O) groups is 2. The molecule has 7 aromatic rings. The first-order valence-corrected chi connectivity index (χ1v) is 27.1. The number of phenolic OH excluding ortho intramolecular Hbond substituents is 1.